The van der Waals surface area contributed by atoms with E-state index in [0.717, 1.165) is 12.8 Å². The summed E-state index contributed by atoms with van der Waals surface area (Å²) in [7, 11) is -2.66. The number of anilines is 1. The van der Waals surface area contributed by atoms with E-state index in [-0.39, 0.29) is 38.9 Å². The number of rotatable bonds is 7. The Bertz CT molecular complexity index is 959. The highest BCUT2D eigenvalue weighted by Crippen LogP contribution is 2.29. The fourth-order valence-electron chi connectivity index (χ4n) is 2.94. The zero-order valence-corrected chi connectivity index (χ0v) is 16.8. The lowest BCUT2D eigenvalue weighted by Gasteiger charge is -2.15. The molecule has 1 aliphatic heterocycles. The average Bonchev–Trinajstić information content (AvgIpc) is 3.20. The third kappa shape index (κ3) is 4.76. The van der Waals surface area contributed by atoms with Crippen molar-refractivity contribution in [2.24, 2.45) is 0 Å². The lowest BCUT2D eigenvalue weighted by Crippen LogP contribution is -2.32. The molecule has 2 N–H and O–H groups in total. The summed E-state index contributed by atoms with van der Waals surface area (Å²) in [6.07, 6.45) is 1.85. The summed E-state index contributed by atoms with van der Waals surface area (Å²) < 4.78 is 38.8. The van der Waals surface area contributed by atoms with Crippen LogP contribution in [0.25, 0.3) is 0 Å². The minimum absolute atomic E-state index is 0.0106. The Morgan fingerprint density at radius 2 is 2.07 bits per heavy atom. The van der Waals surface area contributed by atoms with E-state index in [0.29, 0.717) is 13.2 Å². The van der Waals surface area contributed by atoms with Gasteiger partial charge in [0.15, 0.2) is 0 Å². The van der Waals surface area contributed by atoms with Crippen LogP contribution in [-0.2, 0) is 14.8 Å². The number of nitrogens with one attached hydrogen (secondary N) is 2. The third-order valence-electron chi connectivity index (χ3n) is 4.35. The van der Waals surface area contributed by atoms with Gasteiger partial charge < -0.3 is 14.8 Å². The topological polar surface area (TPSA) is 93.7 Å². The standard InChI is InChI=1S/C19H21ClN2O5S/c1-26-17-9-8-13(20)11-18(17)28(24,25)22-16-7-3-2-6-15(16)19(23)21-12-14-5-4-10-27-14/h2-3,6-9,11,14,22H,4-5,10,12H2,1H3,(H,21,23)/t14-/m1/s1. The van der Waals surface area contributed by atoms with Crippen LogP contribution in [-0.4, -0.2) is 40.7 Å². The van der Waals surface area contributed by atoms with E-state index >= 15 is 0 Å². The van der Waals surface area contributed by atoms with Crippen LogP contribution in [0.15, 0.2) is 47.4 Å². The monoisotopic (exact) mass is 424 g/mol. The van der Waals surface area contributed by atoms with Crippen molar-refractivity contribution in [2.75, 3.05) is 25.0 Å². The van der Waals surface area contributed by atoms with Gasteiger partial charge in [0.05, 0.1) is 24.5 Å². The molecule has 0 bridgehead atoms. The van der Waals surface area contributed by atoms with Crippen molar-refractivity contribution in [3.05, 3.63) is 53.1 Å². The number of halogens is 1. The first kappa shape index (κ1) is 20.4. The zero-order chi connectivity index (χ0) is 20.1. The summed E-state index contributed by atoms with van der Waals surface area (Å²) in [6.45, 7) is 1.07. The van der Waals surface area contributed by atoms with Gasteiger partial charge in [-0.3, -0.25) is 9.52 Å². The van der Waals surface area contributed by atoms with Crippen LogP contribution in [0.2, 0.25) is 5.02 Å². The van der Waals surface area contributed by atoms with Crippen molar-refractivity contribution in [1.82, 2.24) is 5.32 Å². The summed E-state index contributed by atoms with van der Waals surface area (Å²) in [6, 6.07) is 10.7. The van der Waals surface area contributed by atoms with E-state index < -0.39 is 10.0 Å². The van der Waals surface area contributed by atoms with Gasteiger partial charge in [0, 0.05) is 18.2 Å². The highest BCUT2D eigenvalue weighted by molar-refractivity contribution is 7.92. The zero-order valence-electron chi connectivity index (χ0n) is 15.3. The molecule has 28 heavy (non-hydrogen) atoms. The highest BCUT2D eigenvalue weighted by atomic mass is 35.5. The van der Waals surface area contributed by atoms with E-state index in [1.165, 1.54) is 31.4 Å². The predicted molar refractivity (Wildman–Crippen MR) is 107 cm³/mol. The normalized spacial score (nSPS) is 16.6. The molecule has 0 radical (unpaired) electrons. The molecule has 0 aliphatic carbocycles. The second kappa shape index (κ2) is 8.81. The minimum Gasteiger partial charge on any atom is -0.495 e. The average molecular weight is 425 g/mol. The van der Waals surface area contributed by atoms with E-state index in [1.807, 2.05) is 0 Å². The van der Waals surface area contributed by atoms with Gasteiger partial charge in [-0.25, -0.2) is 8.42 Å². The van der Waals surface area contributed by atoms with Crippen LogP contribution in [0.4, 0.5) is 5.69 Å². The molecule has 1 atom stereocenters. The van der Waals surface area contributed by atoms with Gasteiger partial charge in [0.2, 0.25) is 0 Å². The Labute approximate surface area is 169 Å². The number of hydrogen-bond acceptors (Lipinski definition) is 5. The molecule has 1 amide bonds. The molecular weight excluding hydrogens is 404 g/mol. The minimum atomic E-state index is -4.03. The number of para-hydroxylation sites is 1. The molecule has 0 unspecified atom stereocenters. The van der Waals surface area contributed by atoms with Crippen molar-refractivity contribution >= 4 is 33.2 Å². The van der Waals surface area contributed by atoms with Crippen LogP contribution >= 0.6 is 11.6 Å². The maximum Gasteiger partial charge on any atom is 0.265 e. The molecule has 2 aromatic rings. The van der Waals surface area contributed by atoms with Crippen molar-refractivity contribution in [1.29, 1.82) is 0 Å². The molecule has 1 heterocycles. The molecule has 1 fully saturated rings. The first-order valence-corrected chi connectivity index (χ1v) is 10.6. The number of ether oxygens (including phenoxy) is 2. The second-order valence-corrected chi connectivity index (χ2v) is 8.38. The number of sulfonamides is 1. The van der Waals surface area contributed by atoms with Gasteiger partial charge in [-0.2, -0.15) is 0 Å². The van der Waals surface area contributed by atoms with Crippen LogP contribution < -0.4 is 14.8 Å². The molecule has 3 rings (SSSR count). The number of methoxy groups -OCH3 is 1. The van der Waals surface area contributed by atoms with Gasteiger partial charge in [-0.05, 0) is 43.2 Å². The van der Waals surface area contributed by atoms with Gasteiger partial charge >= 0.3 is 0 Å². The summed E-state index contributed by atoms with van der Waals surface area (Å²) in [5.41, 5.74) is 0.374. The lowest BCUT2D eigenvalue weighted by molar-refractivity contribution is 0.0858. The Balaban J connectivity index is 1.82. The molecule has 9 heteroatoms. The molecular formula is C19H21ClN2O5S. The molecule has 1 saturated heterocycles. The van der Waals surface area contributed by atoms with Crippen molar-refractivity contribution in [2.45, 2.75) is 23.8 Å². The highest BCUT2D eigenvalue weighted by Gasteiger charge is 2.23. The Morgan fingerprint density at radius 3 is 2.79 bits per heavy atom. The lowest BCUT2D eigenvalue weighted by atomic mass is 10.1. The molecule has 0 aromatic heterocycles. The van der Waals surface area contributed by atoms with E-state index in [2.05, 4.69) is 10.0 Å². The Kier molecular flexibility index (Phi) is 6.43. The molecule has 0 spiro atoms. The van der Waals surface area contributed by atoms with Crippen molar-refractivity contribution < 1.29 is 22.7 Å². The smallest absolute Gasteiger partial charge is 0.265 e. The first-order valence-electron chi connectivity index (χ1n) is 8.76. The maximum atomic E-state index is 12.9. The molecule has 150 valence electrons. The van der Waals surface area contributed by atoms with Gasteiger partial charge in [-0.15, -0.1) is 0 Å². The quantitative estimate of drug-likeness (QED) is 0.712. The van der Waals surface area contributed by atoms with Crippen molar-refractivity contribution in [3.63, 3.8) is 0 Å². The fourth-order valence-corrected chi connectivity index (χ4v) is 4.45. The SMILES string of the molecule is COc1ccc(Cl)cc1S(=O)(=O)Nc1ccccc1C(=O)NC[C@H]1CCCO1. The largest absolute Gasteiger partial charge is 0.495 e. The van der Waals surface area contributed by atoms with E-state index in [1.54, 1.807) is 18.2 Å². The number of hydrogen-bond donors (Lipinski definition) is 2. The van der Waals surface area contributed by atoms with Crippen molar-refractivity contribution in [3.8, 4) is 5.75 Å². The van der Waals surface area contributed by atoms with Crippen LogP contribution in [0.5, 0.6) is 5.75 Å². The third-order valence-corrected chi connectivity index (χ3v) is 5.97. The predicted octanol–water partition coefficient (Wildman–Crippen LogP) is 3.06. The maximum absolute atomic E-state index is 12.9. The van der Waals surface area contributed by atoms with Gasteiger partial charge in [0.25, 0.3) is 15.9 Å². The number of amides is 1. The van der Waals surface area contributed by atoms with Crippen LogP contribution in [0.3, 0.4) is 0 Å². The van der Waals surface area contributed by atoms with E-state index in [9.17, 15) is 13.2 Å². The van der Waals surface area contributed by atoms with Crippen LogP contribution in [0.1, 0.15) is 23.2 Å². The Morgan fingerprint density at radius 1 is 1.29 bits per heavy atom. The summed E-state index contributed by atoms with van der Waals surface area (Å²) in [4.78, 5) is 12.5. The van der Waals surface area contributed by atoms with Gasteiger partial charge in [0.1, 0.15) is 10.6 Å². The fraction of sp³-hybridized carbons (Fsp3) is 0.316. The van der Waals surface area contributed by atoms with Crippen LogP contribution in [0, 0.1) is 0 Å². The number of benzene rings is 2. The summed E-state index contributed by atoms with van der Waals surface area (Å²) >= 11 is 5.94. The molecule has 2 aromatic carbocycles. The Hall–Kier alpha value is -2.29. The summed E-state index contributed by atoms with van der Waals surface area (Å²) in [5.74, 6) is -0.232. The number of carbonyl (C=O) groups excluding carboxylic acids is 1. The number of carbonyl (C=O) groups is 1. The molecule has 0 saturated carbocycles. The van der Waals surface area contributed by atoms with E-state index in [4.69, 9.17) is 21.1 Å². The first-order chi connectivity index (χ1) is 13.4. The molecule has 7 nitrogen and oxygen atoms in total. The summed E-state index contributed by atoms with van der Waals surface area (Å²) in [5, 5.41) is 3.05. The second-order valence-electron chi connectivity index (χ2n) is 6.29. The van der Waals surface area contributed by atoms with Gasteiger partial charge in [-0.1, -0.05) is 23.7 Å². The molecule has 1 aliphatic rings.